The van der Waals surface area contributed by atoms with E-state index in [4.69, 9.17) is 4.74 Å². The molecule has 0 bridgehead atoms. The average molecular weight is 492 g/mol. The summed E-state index contributed by atoms with van der Waals surface area (Å²) in [5, 5.41) is 3.51. The summed E-state index contributed by atoms with van der Waals surface area (Å²) in [4.78, 5) is 17.5. The van der Waals surface area contributed by atoms with Gasteiger partial charge < -0.3 is 19.7 Å². The first-order valence-electron chi connectivity index (χ1n) is 12.1. The number of nitrogens with one attached hydrogen (secondary N) is 1. The lowest BCUT2D eigenvalue weighted by atomic mass is 9.89. The van der Waals surface area contributed by atoms with Crippen molar-refractivity contribution in [2.45, 2.75) is 50.7 Å². The Hall–Kier alpha value is -2.78. The quantitative estimate of drug-likeness (QED) is 0.589. The fraction of sp³-hybridized carbons (Fsp3) is 0.500. The van der Waals surface area contributed by atoms with Crippen molar-refractivity contribution in [3.05, 3.63) is 59.7 Å². The van der Waals surface area contributed by atoms with Gasteiger partial charge in [-0.2, -0.15) is 0 Å². The first kappa shape index (κ1) is 25.3. The molecule has 2 aliphatic rings. The minimum absolute atomic E-state index is 0.0643. The van der Waals surface area contributed by atoms with Gasteiger partial charge in [0.2, 0.25) is 5.91 Å². The van der Waals surface area contributed by atoms with E-state index >= 15 is 0 Å². The lowest BCUT2D eigenvalue weighted by molar-refractivity contribution is -0.274. The van der Waals surface area contributed by atoms with Gasteiger partial charge in [-0.15, -0.1) is 13.2 Å². The predicted molar refractivity (Wildman–Crippen MR) is 126 cm³/mol. The number of methoxy groups -OCH3 is 1. The standard InChI is InChI=1S/C26H32F3N3O3/c1-34-23-12-11-21(35-26(27,28)29)16-20(23)17-30-22-10-7-15-32(24(33)18-31-13-5-6-14-31)25(22)19-8-3-2-4-9-19/h2-4,8-9,11-12,16,22,25,30H,5-7,10,13-15,17-18H2,1H3. The summed E-state index contributed by atoms with van der Waals surface area (Å²) >= 11 is 0. The molecule has 35 heavy (non-hydrogen) atoms. The van der Waals surface area contributed by atoms with Crippen LogP contribution in [0, 0.1) is 0 Å². The van der Waals surface area contributed by atoms with Crippen molar-refractivity contribution in [1.29, 1.82) is 0 Å². The van der Waals surface area contributed by atoms with Crippen LogP contribution in [0.25, 0.3) is 0 Å². The molecule has 0 aliphatic carbocycles. The van der Waals surface area contributed by atoms with Gasteiger partial charge in [0.25, 0.3) is 0 Å². The molecule has 0 spiro atoms. The van der Waals surface area contributed by atoms with Crippen LogP contribution in [-0.4, -0.2) is 61.4 Å². The number of hydrogen-bond donors (Lipinski definition) is 1. The molecular formula is C26H32F3N3O3. The highest BCUT2D eigenvalue weighted by Gasteiger charge is 2.36. The van der Waals surface area contributed by atoms with Crippen LogP contribution >= 0.6 is 0 Å². The van der Waals surface area contributed by atoms with Gasteiger partial charge in [-0.1, -0.05) is 30.3 Å². The summed E-state index contributed by atoms with van der Waals surface area (Å²) in [5.74, 6) is 0.298. The molecule has 4 rings (SSSR count). The van der Waals surface area contributed by atoms with Crippen molar-refractivity contribution in [3.8, 4) is 11.5 Å². The molecule has 190 valence electrons. The van der Waals surface area contributed by atoms with Gasteiger partial charge in [0, 0.05) is 24.7 Å². The average Bonchev–Trinajstić information content (AvgIpc) is 3.35. The van der Waals surface area contributed by atoms with Crippen LogP contribution in [-0.2, 0) is 11.3 Å². The zero-order valence-electron chi connectivity index (χ0n) is 19.9. The van der Waals surface area contributed by atoms with Crippen LogP contribution in [0.4, 0.5) is 13.2 Å². The van der Waals surface area contributed by atoms with Crippen LogP contribution in [0.3, 0.4) is 0 Å². The second-order valence-electron chi connectivity index (χ2n) is 9.08. The zero-order valence-corrected chi connectivity index (χ0v) is 19.9. The molecule has 2 aliphatic heterocycles. The van der Waals surface area contributed by atoms with Crippen molar-refractivity contribution in [2.75, 3.05) is 33.3 Å². The Labute approximate surface area is 204 Å². The lowest BCUT2D eigenvalue weighted by Crippen LogP contribution is -2.52. The molecule has 2 saturated heterocycles. The number of benzene rings is 2. The Morgan fingerprint density at radius 2 is 1.80 bits per heavy atom. The molecule has 0 saturated carbocycles. The van der Waals surface area contributed by atoms with Gasteiger partial charge >= 0.3 is 6.36 Å². The number of amides is 1. The Balaban J connectivity index is 1.53. The fourth-order valence-electron chi connectivity index (χ4n) is 5.11. The summed E-state index contributed by atoms with van der Waals surface area (Å²) in [6, 6.07) is 13.7. The van der Waals surface area contributed by atoms with E-state index < -0.39 is 6.36 Å². The van der Waals surface area contributed by atoms with Gasteiger partial charge in [-0.3, -0.25) is 9.69 Å². The minimum Gasteiger partial charge on any atom is -0.496 e. The molecule has 1 amide bonds. The van der Waals surface area contributed by atoms with Crippen molar-refractivity contribution in [2.24, 2.45) is 0 Å². The van der Waals surface area contributed by atoms with E-state index in [1.165, 1.54) is 25.3 Å². The molecular weight excluding hydrogens is 459 g/mol. The maximum atomic E-state index is 13.3. The Bertz CT molecular complexity index is 981. The number of alkyl halides is 3. The summed E-state index contributed by atoms with van der Waals surface area (Å²) < 4.78 is 47.6. The van der Waals surface area contributed by atoms with E-state index in [2.05, 4.69) is 15.0 Å². The van der Waals surface area contributed by atoms with Crippen molar-refractivity contribution in [1.82, 2.24) is 15.1 Å². The Morgan fingerprint density at radius 3 is 2.49 bits per heavy atom. The van der Waals surface area contributed by atoms with E-state index in [1.807, 2.05) is 35.2 Å². The third-order valence-electron chi connectivity index (χ3n) is 6.69. The topological polar surface area (TPSA) is 54.0 Å². The summed E-state index contributed by atoms with van der Waals surface area (Å²) in [6.45, 7) is 3.28. The highest BCUT2D eigenvalue weighted by molar-refractivity contribution is 5.79. The van der Waals surface area contributed by atoms with Gasteiger partial charge in [0.05, 0.1) is 19.7 Å². The number of nitrogens with zero attached hydrogens (tertiary/aromatic N) is 2. The molecule has 2 unspecified atom stereocenters. The van der Waals surface area contributed by atoms with E-state index in [0.717, 1.165) is 44.3 Å². The molecule has 2 atom stereocenters. The fourth-order valence-corrected chi connectivity index (χ4v) is 5.11. The molecule has 2 aromatic carbocycles. The minimum atomic E-state index is -4.77. The number of carbonyl (C=O) groups is 1. The first-order valence-corrected chi connectivity index (χ1v) is 12.1. The molecule has 2 heterocycles. The van der Waals surface area contributed by atoms with Gasteiger partial charge in [0.15, 0.2) is 0 Å². The number of likely N-dealkylation sites (tertiary alicyclic amines) is 2. The molecule has 2 aromatic rings. The summed E-state index contributed by atoms with van der Waals surface area (Å²) in [5.41, 5.74) is 1.60. The van der Waals surface area contributed by atoms with Gasteiger partial charge in [0.1, 0.15) is 11.5 Å². The molecule has 9 heteroatoms. The normalized spacial score (nSPS) is 21.2. The van der Waals surface area contributed by atoms with Crippen LogP contribution in [0.2, 0.25) is 0 Å². The smallest absolute Gasteiger partial charge is 0.496 e. The number of ether oxygens (including phenoxy) is 2. The molecule has 0 aromatic heterocycles. The number of piperidine rings is 1. The molecule has 0 radical (unpaired) electrons. The van der Waals surface area contributed by atoms with E-state index in [1.54, 1.807) is 0 Å². The van der Waals surface area contributed by atoms with Crippen LogP contribution < -0.4 is 14.8 Å². The predicted octanol–water partition coefficient (Wildman–Crippen LogP) is 4.51. The van der Waals surface area contributed by atoms with E-state index in [9.17, 15) is 18.0 Å². The lowest BCUT2D eigenvalue weighted by Gasteiger charge is -2.42. The third kappa shape index (κ3) is 6.67. The molecule has 1 N–H and O–H groups in total. The van der Waals surface area contributed by atoms with Crippen LogP contribution in [0.15, 0.2) is 48.5 Å². The highest BCUT2D eigenvalue weighted by atomic mass is 19.4. The monoisotopic (exact) mass is 491 g/mol. The van der Waals surface area contributed by atoms with Crippen molar-refractivity contribution < 1.29 is 27.4 Å². The zero-order chi connectivity index (χ0) is 24.8. The van der Waals surface area contributed by atoms with Gasteiger partial charge in [-0.25, -0.2) is 0 Å². The van der Waals surface area contributed by atoms with Gasteiger partial charge in [-0.05, 0) is 62.5 Å². The number of rotatable bonds is 8. The second-order valence-corrected chi connectivity index (χ2v) is 9.08. The van der Waals surface area contributed by atoms with Crippen LogP contribution in [0.5, 0.6) is 11.5 Å². The molecule has 2 fully saturated rings. The van der Waals surface area contributed by atoms with E-state index in [0.29, 0.717) is 24.4 Å². The number of halogens is 3. The summed E-state index contributed by atoms with van der Waals surface area (Å²) in [7, 11) is 1.48. The highest BCUT2D eigenvalue weighted by Crippen LogP contribution is 2.33. The Morgan fingerprint density at radius 1 is 1.06 bits per heavy atom. The van der Waals surface area contributed by atoms with E-state index in [-0.39, 0.29) is 30.3 Å². The maximum Gasteiger partial charge on any atom is 0.573 e. The third-order valence-corrected chi connectivity index (χ3v) is 6.69. The molecule has 6 nitrogen and oxygen atoms in total. The SMILES string of the molecule is COc1ccc(OC(F)(F)F)cc1CNC1CCCN(C(=O)CN2CCCC2)C1c1ccccc1. The second kappa shape index (κ2) is 11.3. The van der Waals surface area contributed by atoms with Crippen molar-refractivity contribution in [3.63, 3.8) is 0 Å². The maximum absolute atomic E-state index is 13.3. The Kier molecular flexibility index (Phi) is 8.18. The van der Waals surface area contributed by atoms with Crippen molar-refractivity contribution >= 4 is 5.91 Å². The number of carbonyl (C=O) groups excluding carboxylic acids is 1. The summed E-state index contributed by atoms with van der Waals surface area (Å²) in [6.07, 6.45) is -0.830. The van der Waals surface area contributed by atoms with Crippen LogP contribution in [0.1, 0.15) is 42.9 Å². The first-order chi connectivity index (χ1) is 16.8. The number of hydrogen-bond acceptors (Lipinski definition) is 5. The largest absolute Gasteiger partial charge is 0.573 e.